The summed E-state index contributed by atoms with van der Waals surface area (Å²) in [6, 6.07) is 5.89. The van der Waals surface area contributed by atoms with Gasteiger partial charge in [0.25, 0.3) is 10.2 Å². The van der Waals surface area contributed by atoms with Gasteiger partial charge in [-0.05, 0) is 24.0 Å². The molecule has 0 amide bonds. The van der Waals surface area contributed by atoms with Crippen molar-refractivity contribution in [3.63, 3.8) is 0 Å². The van der Waals surface area contributed by atoms with Crippen molar-refractivity contribution < 1.29 is 8.42 Å². The van der Waals surface area contributed by atoms with Crippen molar-refractivity contribution in [2.75, 3.05) is 11.9 Å². The van der Waals surface area contributed by atoms with Crippen LogP contribution < -0.4 is 15.2 Å². The highest BCUT2D eigenvalue weighted by atomic mass is 32.2. The molecule has 1 aliphatic heterocycles. The summed E-state index contributed by atoms with van der Waals surface area (Å²) < 4.78 is 23.9. The number of nitrogens with one attached hydrogen (secondary N) is 2. The summed E-state index contributed by atoms with van der Waals surface area (Å²) in [5.74, 6) is 0. The second-order valence-electron chi connectivity index (χ2n) is 3.85. The van der Waals surface area contributed by atoms with Gasteiger partial charge in [-0.2, -0.15) is 13.1 Å². The number of para-hydroxylation sites is 1. The summed E-state index contributed by atoms with van der Waals surface area (Å²) in [5.41, 5.74) is 3.22. The zero-order valence-electron chi connectivity index (χ0n) is 8.86. The van der Waals surface area contributed by atoms with E-state index < -0.39 is 10.2 Å². The van der Waals surface area contributed by atoms with Crippen LogP contribution in [-0.4, -0.2) is 15.0 Å². The quantitative estimate of drug-likeness (QED) is 0.713. The highest BCUT2D eigenvalue weighted by Gasteiger charge is 2.12. The van der Waals surface area contributed by atoms with E-state index in [9.17, 15) is 8.42 Å². The van der Waals surface area contributed by atoms with Crippen molar-refractivity contribution in [2.24, 2.45) is 5.14 Å². The SMILES string of the molecule is NS(=O)(=O)NCc1cccc2c1NCCC2. The van der Waals surface area contributed by atoms with Crippen LogP contribution in [0.2, 0.25) is 0 Å². The zero-order chi connectivity index (χ0) is 11.6. The Morgan fingerprint density at radius 1 is 1.44 bits per heavy atom. The Morgan fingerprint density at radius 2 is 2.25 bits per heavy atom. The molecule has 1 aliphatic rings. The van der Waals surface area contributed by atoms with Crippen molar-refractivity contribution in [1.82, 2.24) is 4.72 Å². The maximum Gasteiger partial charge on any atom is 0.274 e. The Hall–Kier alpha value is -1.11. The van der Waals surface area contributed by atoms with E-state index in [1.165, 1.54) is 5.56 Å². The van der Waals surface area contributed by atoms with Gasteiger partial charge in [0.2, 0.25) is 0 Å². The van der Waals surface area contributed by atoms with Gasteiger partial charge in [0.1, 0.15) is 0 Å². The highest BCUT2D eigenvalue weighted by molar-refractivity contribution is 7.87. The fraction of sp³-hybridized carbons (Fsp3) is 0.400. The topological polar surface area (TPSA) is 84.2 Å². The van der Waals surface area contributed by atoms with Gasteiger partial charge in [-0.15, -0.1) is 0 Å². The van der Waals surface area contributed by atoms with E-state index in [1.807, 2.05) is 12.1 Å². The minimum absolute atomic E-state index is 0.231. The normalized spacial score (nSPS) is 15.3. The molecule has 0 unspecified atom stereocenters. The summed E-state index contributed by atoms with van der Waals surface area (Å²) >= 11 is 0. The number of anilines is 1. The van der Waals surface area contributed by atoms with E-state index in [0.29, 0.717) is 0 Å². The molecule has 0 saturated heterocycles. The van der Waals surface area contributed by atoms with E-state index >= 15 is 0 Å². The summed E-state index contributed by atoms with van der Waals surface area (Å²) in [6.07, 6.45) is 2.14. The Morgan fingerprint density at radius 3 is 3.00 bits per heavy atom. The number of hydrogen-bond donors (Lipinski definition) is 3. The number of rotatable bonds is 3. The Balaban J connectivity index is 2.21. The van der Waals surface area contributed by atoms with E-state index in [-0.39, 0.29) is 6.54 Å². The smallest absolute Gasteiger partial charge is 0.274 e. The van der Waals surface area contributed by atoms with Gasteiger partial charge in [0.05, 0.1) is 0 Å². The first-order valence-corrected chi connectivity index (χ1v) is 6.73. The molecule has 0 saturated carbocycles. The van der Waals surface area contributed by atoms with Gasteiger partial charge in [-0.1, -0.05) is 18.2 Å². The van der Waals surface area contributed by atoms with Crippen molar-refractivity contribution in [1.29, 1.82) is 0 Å². The Kier molecular flexibility index (Phi) is 3.13. The molecule has 2 rings (SSSR count). The van der Waals surface area contributed by atoms with Gasteiger partial charge >= 0.3 is 0 Å². The zero-order valence-corrected chi connectivity index (χ0v) is 9.68. The summed E-state index contributed by atoms with van der Waals surface area (Å²) in [7, 11) is -3.63. The fourth-order valence-electron chi connectivity index (χ4n) is 1.91. The van der Waals surface area contributed by atoms with Crippen LogP contribution in [0.4, 0.5) is 5.69 Å². The molecule has 6 heteroatoms. The van der Waals surface area contributed by atoms with E-state index in [0.717, 1.165) is 30.6 Å². The lowest BCUT2D eigenvalue weighted by Gasteiger charge is -2.21. The largest absolute Gasteiger partial charge is 0.385 e. The summed E-state index contributed by atoms with van der Waals surface area (Å²) in [6.45, 7) is 1.16. The Bertz CT molecular complexity index is 485. The predicted molar refractivity (Wildman–Crippen MR) is 63.2 cm³/mol. The summed E-state index contributed by atoms with van der Waals surface area (Å²) in [4.78, 5) is 0. The third-order valence-electron chi connectivity index (χ3n) is 2.63. The average Bonchev–Trinajstić information content (AvgIpc) is 2.25. The molecule has 0 bridgehead atoms. The maximum absolute atomic E-state index is 10.8. The molecule has 5 nitrogen and oxygen atoms in total. The lowest BCUT2D eigenvalue weighted by atomic mass is 9.99. The first kappa shape index (κ1) is 11.4. The molecular formula is C10H15N3O2S. The van der Waals surface area contributed by atoms with E-state index in [2.05, 4.69) is 16.1 Å². The van der Waals surface area contributed by atoms with Crippen LogP contribution in [0.15, 0.2) is 18.2 Å². The first-order valence-electron chi connectivity index (χ1n) is 5.18. The van der Waals surface area contributed by atoms with Crippen LogP contribution in [0.5, 0.6) is 0 Å². The highest BCUT2D eigenvalue weighted by Crippen LogP contribution is 2.25. The molecule has 1 aromatic rings. The molecule has 0 fully saturated rings. The predicted octanol–water partition coefficient (Wildman–Crippen LogP) is 0.338. The molecule has 0 spiro atoms. The molecule has 88 valence electrons. The first-order chi connectivity index (χ1) is 7.56. The molecule has 1 aromatic carbocycles. The lowest BCUT2D eigenvalue weighted by Crippen LogP contribution is -2.30. The summed E-state index contributed by atoms with van der Waals surface area (Å²) in [5, 5.41) is 8.19. The van der Waals surface area contributed by atoms with Gasteiger partial charge in [0, 0.05) is 18.8 Å². The van der Waals surface area contributed by atoms with Crippen LogP contribution in [0.25, 0.3) is 0 Å². The van der Waals surface area contributed by atoms with Crippen molar-refractivity contribution in [3.05, 3.63) is 29.3 Å². The van der Waals surface area contributed by atoms with Crippen molar-refractivity contribution in [2.45, 2.75) is 19.4 Å². The molecule has 0 aromatic heterocycles. The van der Waals surface area contributed by atoms with Crippen LogP contribution in [-0.2, 0) is 23.2 Å². The van der Waals surface area contributed by atoms with Crippen molar-refractivity contribution >= 4 is 15.9 Å². The number of fused-ring (bicyclic) bond motifs is 1. The number of nitrogens with two attached hydrogens (primary N) is 1. The van der Waals surface area contributed by atoms with Gasteiger partial charge in [0.15, 0.2) is 0 Å². The number of benzene rings is 1. The van der Waals surface area contributed by atoms with Crippen LogP contribution in [0, 0.1) is 0 Å². The van der Waals surface area contributed by atoms with Gasteiger partial charge in [-0.25, -0.2) is 5.14 Å². The molecular weight excluding hydrogens is 226 g/mol. The molecule has 0 radical (unpaired) electrons. The number of aryl methyl sites for hydroxylation is 1. The standard InChI is InChI=1S/C10H15N3O2S/c11-16(14,15)13-7-9-4-1-3-8-5-2-6-12-10(8)9/h1,3-4,12-13H,2,5-7H2,(H2,11,14,15). The average molecular weight is 241 g/mol. The Labute approximate surface area is 95.2 Å². The van der Waals surface area contributed by atoms with Crippen LogP contribution in [0.3, 0.4) is 0 Å². The monoisotopic (exact) mass is 241 g/mol. The fourth-order valence-corrected chi connectivity index (χ4v) is 2.26. The van der Waals surface area contributed by atoms with Crippen LogP contribution >= 0.6 is 0 Å². The molecule has 4 N–H and O–H groups in total. The minimum atomic E-state index is -3.63. The third kappa shape index (κ3) is 2.72. The van der Waals surface area contributed by atoms with Crippen molar-refractivity contribution in [3.8, 4) is 0 Å². The molecule has 16 heavy (non-hydrogen) atoms. The van der Waals surface area contributed by atoms with E-state index in [1.54, 1.807) is 0 Å². The van der Waals surface area contributed by atoms with Gasteiger partial charge in [-0.3, -0.25) is 0 Å². The molecule has 1 heterocycles. The lowest BCUT2D eigenvalue weighted by molar-refractivity contribution is 0.583. The molecule has 0 atom stereocenters. The second-order valence-corrected chi connectivity index (χ2v) is 5.23. The minimum Gasteiger partial charge on any atom is -0.385 e. The third-order valence-corrected chi connectivity index (χ3v) is 3.17. The van der Waals surface area contributed by atoms with Crippen LogP contribution in [0.1, 0.15) is 17.5 Å². The second kappa shape index (κ2) is 4.40. The number of hydrogen-bond acceptors (Lipinski definition) is 3. The molecule has 0 aliphatic carbocycles. The van der Waals surface area contributed by atoms with Gasteiger partial charge < -0.3 is 5.32 Å². The van der Waals surface area contributed by atoms with E-state index in [4.69, 9.17) is 5.14 Å². The maximum atomic E-state index is 10.8.